The fourth-order valence-electron chi connectivity index (χ4n) is 1.70. The van der Waals surface area contributed by atoms with Crippen LogP contribution in [-0.2, 0) is 10.0 Å². The molecule has 0 saturated heterocycles. The minimum absolute atomic E-state index is 0.405. The molecule has 0 amide bonds. The van der Waals surface area contributed by atoms with E-state index in [1.807, 2.05) is 0 Å². The number of rotatable bonds is 3. The molecule has 0 aromatic heterocycles. The molecule has 2 aromatic carbocycles. The van der Waals surface area contributed by atoms with Crippen LogP contribution in [0.15, 0.2) is 36.4 Å². The molecule has 2 rings (SSSR count). The van der Waals surface area contributed by atoms with Crippen LogP contribution in [0.3, 0.4) is 0 Å². The molecule has 2 N–H and O–H groups in total. The van der Waals surface area contributed by atoms with Crippen LogP contribution in [0, 0.1) is 0 Å². The number of fused-ring (bicyclic) bond motifs is 1. The van der Waals surface area contributed by atoms with Crippen molar-refractivity contribution in [2.24, 2.45) is 0 Å². The number of carboxylic acid groups (broad SMARTS) is 1. The highest BCUT2D eigenvalue weighted by Crippen LogP contribution is 2.29. The summed E-state index contributed by atoms with van der Waals surface area (Å²) >= 11 is 0. The number of hydrogen-bond donors (Lipinski definition) is 2. The summed E-state index contributed by atoms with van der Waals surface area (Å²) in [4.78, 5) is 11.1. The van der Waals surface area contributed by atoms with Gasteiger partial charge < -0.3 is 5.11 Å². The van der Waals surface area contributed by atoms with Gasteiger partial charge in [-0.05, 0) is 22.9 Å². The van der Waals surface area contributed by atoms with Gasteiger partial charge in [-0.25, -0.2) is 4.79 Å². The molecule has 0 radical (unpaired) electrons. The van der Waals surface area contributed by atoms with Crippen molar-refractivity contribution in [1.29, 1.82) is 0 Å². The molecule has 0 atom stereocenters. The van der Waals surface area contributed by atoms with Crippen molar-refractivity contribution >= 4 is 32.5 Å². The molecule has 0 unspecified atom stereocenters. The van der Waals surface area contributed by atoms with E-state index >= 15 is 0 Å². The van der Waals surface area contributed by atoms with E-state index in [2.05, 4.69) is 0 Å². The summed E-state index contributed by atoms with van der Waals surface area (Å²) in [6.45, 7) is 0. The van der Waals surface area contributed by atoms with E-state index < -0.39 is 32.8 Å². The topological polar surface area (TPSA) is 83.5 Å². The molecule has 5 nitrogen and oxygen atoms in total. The maximum atomic E-state index is 12.4. The van der Waals surface area contributed by atoms with Gasteiger partial charge in [0, 0.05) is 0 Å². The molecule has 112 valence electrons. The van der Waals surface area contributed by atoms with E-state index in [1.54, 1.807) is 18.2 Å². The SMILES string of the molecule is O=C(O)c1cc2ccccc2cc1NS(=O)(=O)C(F)(F)F. The second-order valence-corrected chi connectivity index (χ2v) is 5.78. The van der Waals surface area contributed by atoms with Crippen molar-refractivity contribution < 1.29 is 31.5 Å². The third-order valence-corrected chi connectivity index (χ3v) is 3.76. The number of anilines is 1. The van der Waals surface area contributed by atoms with E-state index in [0.29, 0.717) is 10.8 Å². The zero-order valence-corrected chi connectivity index (χ0v) is 11.0. The summed E-state index contributed by atoms with van der Waals surface area (Å²) < 4.78 is 60.6. The Morgan fingerprint density at radius 2 is 1.62 bits per heavy atom. The summed E-state index contributed by atoms with van der Waals surface area (Å²) in [6.07, 6.45) is 0. The van der Waals surface area contributed by atoms with Crippen LogP contribution >= 0.6 is 0 Å². The fraction of sp³-hybridized carbons (Fsp3) is 0.0833. The van der Waals surface area contributed by atoms with Crippen molar-refractivity contribution in [2.75, 3.05) is 4.72 Å². The Morgan fingerprint density at radius 3 is 2.10 bits per heavy atom. The number of carboxylic acids is 1. The average molecular weight is 319 g/mol. The predicted molar refractivity (Wildman–Crippen MR) is 69.5 cm³/mol. The predicted octanol–water partition coefficient (Wildman–Crippen LogP) is 2.80. The van der Waals surface area contributed by atoms with Crippen molar-refractivity contribution in [3.63, 3.8) is 0 Å². The van der Waals surface area contributed by atoms with Crippen LogP contribution in [0.4, 0.5) is 18.9 Å². The highest BCUT2D eigenvalue weighted by Gasteiger charge is 2.46. The van der Waals surface area contributed by atoms with Gasteiger partial charge in [0.2, 0.25) is 0 Å². The van der Waals surface area contributed by atoms with Crippen molar-refractivity contribution in [3.8, 4) is 0 Å². The zero-order valence-electron chi connectivity index (χ0n) is 10.2. The maximum absolute atomic E-state index is 12.4. The summed E-state index contributed by atoms with van der Waals surface area (Å²) in [5.74, 6) is -1.54. The summed E-state index contributed by atoms with van der Waals surface area (Å²) in [5, 5.41) is 9.88. The lowest BCUT2D eigenvalue weighted by Crippen LogP contribution is -2.30. The Balaban J connectivity index is 2.62. The van der Waals surface area contributed by atoms with Gasteiger partial charge in [-0.1, -0.05) is 24.3 Å². The Labute approximate surface area is 117 Å². The molecule has 21 heavy (non-hydrogen) atoms. The van der Waals surface area contributed by atoms with Gasteiger partial charge in [0.1, 0.15) is 0 Å². The van der Waals surface area contributed by atoms with Crippen LogP contribution in [0.25, 0.3) is 10.8 Å². The van der Waals surface area contributed by atoms with Crippen molar-refractivity contribution in [1.82, 2.24) is 0 Å². The lowest BCUT2D eigenvalue weighted by atomic mass is 10.1. The van der Waals surface area contributed by atoms with Gasteiger partial charge in [-0.3, -0.25) is 4.72 Å². The van der Waals surface area contributed by atoms with Crippen LogP contribution in [0.1, 0.15) is 10.4 Å². The van der Waals surface area contributed by atoms with E-state index in [4.69, 9.17) is 5.11 Å². The number of halogens is 3. The maximum Gasteiger partial charge on any atom is 0.516 e. The lowest BCUT2D eigenvalue weighted by Gasteiger charge is -2.13. The van der Waals surface area contributed by atoms with Gasteiger partial charge in [-0.15, -0.1) is 0 Å². The monoisotopic (exact) mass is 319 g/mol. The highest BCUT2D eigenvalue weighted by molar-refractivity contribution is 7.93. The van der Waals surface area contributed by atoms with Crippen LogP contribution in [-0.4, -0.2) is 25.0 Å². The normalized spacial score (nSPS) is 12.3. The average Bonchev–Trinajstić information content (AvgIpc) is 2.35. The molecule has 0 aliphatic rings. The third kappa shape index (κ3) is 2.92. The van der Waals surface area contributed by atoms with Crippen LogP contribution < -0.4 is 4.72 Å². The molecule has 0 aliphatic heterocycles. The molecule has 9 heteroatoms. The number of aromatic carboxylic acids is 1. The first-order valence-electron chi connectivity index (χ1n) is 5.47. The van der Waals surface area contributed by atoms with Crippen LogP contribution in [0.5, 0.6) is 0 Å². The quantitative estimate of drug-likeness (QED) is 0.911. The summed E-state index contributed by atoms with van der Waals surface area (Å²) in [6, 6.07) is 8.43. The number of hydrogen-bond acceptors (Lipinski definition) is 3. The lowest BCUT2D eigenvalue weighted by molar-refractivity contribution is -0.0429. The first-order chi connectivity index (χ1) is 9.62. The minimum Gasteiger partial charge on any atom is -0.478 e. The molecular formula is C12H8F3NO4S. The van der Waals surface area contributed by atoms with Gasteiger partial charge in [0.05, 0.1) is 11.3 Å². The largest absolute Gasteiger partial charge is 0.516 e. The van der Waals surface area contributed by atoms with Crippen molar-refractivity contribution in [2.45, 2.75) is 5.51 Å². The van der Waals surface area contributed by atoms with Crippen LogP contribution in [0.2, 0.25) is 0 Å². The van der Waals surface area contributed by atoms with E-state index in [0.717, 1.165) is 12.1 Å². The molecule has 0 saturated carbocycles. The number of benzene rings is 2. The van der Waals surface area contributed by atoms with Gasteiger partial charge in [0.15, 0.2) is 0 Å². The highest BCUT2D eigenvalue weighted by atomic mass is 32.2. The number of nitrogens with one attached hydrogen (secondary N) is 1. The second-order valence-electron chi connectivity index (χ2n) is 4.10. The molecule has 0 aliphatic carbocycles. The first kappa shape index (κ1) is 15.1. The van der Waals surface area contributed by atoms with Gasteiger partial charge >= 0.3 is 21.5 Å². The molecule has 0 bridgehead atoms. The Morgan fingerprint density at radius 1 is 1.10 bits per heavy atom. The number of alkyl halides is 3. The van der Waals surface area contributed by atoms with Gasteiger partial charge in [-0.2, -0.15) is 21.6 Å². The summed E-state index contributed by atoms with van der Waals surface area (Å²) in [5.41, 5.74) is -6.74. The fourth-order valence-corrected chi connectivity index (χ4v) is 2.28. The number of sulfonamides is 1. The Kier molecular flexibility index (Phi) is 3.54. The van der Waals surface area contributed by atoms with E-state index in [1.165, 1.54) is 10.8 Å². The Hall–Kier alpha value is -2.29. The number of carbonyl (C=O) groups is 1. The smallest absolute Gasteiger partial charge is 0.478 e. The van der Waals surface area contributed by atoms with Gasteiger partial charge in [0.25, 0.3) is 0 Å². The standard InChI is InChI=1S/C12H8F3NO4S/c13-12(14,15)21(19,20)16-10-6-8-4-2-1-3-7(8)5-9(10)11(17)18/h1-6,16H,(H,17,18). The molecule has 0 fully saturated rings. The van der Waals surface area contributed by atoms with E-state index in [-0.39, 0.29) is 0 Å². The third-order valence-electron chi connectivity index (χ3n) is 2.67. The second kappa shape index (κ2) is 4.92. The molecule has 0 heterocycles. The first-order valence-corrected chi connectivity index (χ1v) is 6.95. The molecular weight excluding hydrogens is 311 g/mol. The Bertz CT molecular complexity index is 815. The minimum atomic E-state index is -5.69. The molecule has 0 spiro atoms. The molecule has 2 aromatic rings. The van der Waals surface area contributed by atoms with E-state index in [9.17, 15) is 26.4 Å². The zero-order chi connectivity index (χ0) is 15.8. The van der Waals surface area contributed by atoms with Crippen molar-refractivity contribution in [3.05, 3.63) is 42.0 Å². The summed E-state index contributed by atoms with van der Waals surface area (Å²) in [7, 11) is -5.69.